The first-order valence-electron chi connectivity index (χ1n) is 9.81. The van der Waals surface area contributed by atoms with Crippen LogP contribution in [0.3, 0.4) is 0 Å². The van der Waals surface area contributed by atoms with Crippen LogP contribution in [-0.4, -0.2) is 23.8 Å². The van der Waals surface area contributed by atoms with Gasteiger partial charge in [0, 0.05) is 17.7 Å². The molecule has 0 amide bonds. The molecule has 3 rings (SSSR count). The van der Waals surface area contributed by atoms with Crippen LogP contribution in [0.2, 0.25) is 0 Å². The van der Waals surface area contributed by atoms with E-state index < -0.39 is 16.3 Å². The zero-order valence-electron chi connectivity index (χ0n) is 17.0. The average molecular weight is 405 g/mol. The SMILES string of the molecule is CCCCC1=C(C(=O)/C=C/c2ccccc2)C1(C(=O)OC)c1ccc([N+](=O)[O-])cc1. The van der Waals surface area contributed by atoms with Crippen molar-refractivity contribution in [2.24, 2.45) is 0 Å². The third-order valence-corrected chi connectivity index (χ3v) is 5.32. The summed E-state index contributed by atoms with van der Waals surface area (Å²) in [7, 11) is 1.28. The maximum atomic E-state index is 13.1. The van der Waals surface area contributed by atoms with Crippen molar-refractivity contribution in [3.63, 3.8) is 0 Å². The molecule has 0 spiro atoms. The molecular formula is C24H23NO5. The van der Waals surface area contributed by atoms with Gasteiger partial charge in [-0.15, -0.1) is 0 Å². The van der Waals surface area contributed by atoms with E-state index in [9.17, 15) is 19.7 Å². The number of nitro benzene ring substituents is 1. The van der Waals surface area contributed by atoms with Crippen molar-refractivity contribution in [2.75, 3.05) is 7.11 Å². The van der Waals surface area contributed by atoms with E-state index >= 15 is 0 Å². The van der Waals surface area contributed by atoms with Gasteiger partial charge in [0.1, 0.15) is 5.41 Å². The summed E-state index contributed by atoms with van der Waals surface area (Å²) >= 11 is 0. The van der Waals surface area contributed by atoms with Crippen LogP contribution in [0.15, 0.2) is 71.8 Å². The first-order chi connectivity index (χ1) is 14.5. The van der Waals surface area contributed by atoms with Gasteiger partial charge in [0.25, 0.3) is 5.69 Å². The zero-order chi connectivity index (χ0) is 21.7. The lowest BCUT2D eigenvalue weighted by Gasteiger charge is -2.18. The largest absolute Gasteiger partial charge is 0.468 e. The Labute approximate surface area is 175 Å². The van der Waals surface area contributed by atoms with Crippen LogP contribution < -0.4 is 0 Å². The smallest absolute Gasteiger partial charge is 0.325 e. The fourth-order valence-corrected chi connectivity index (χ4v) is 3.80. The van der Waals surface area contributed by atoms with Crippen molar-refractivity contribution in [3.05, 3.63) is 93.1 Å². The number of ether oxygens (including phenoxy) is 1. The number of nitrogens with zero attached hydrogens (tertiary/aromatic N) is 1. The summed E-state index contributed by atoms with van der Waals surface area (Å²) in [4.78, 5) is 36.5. The average Bonchev–Trinajstić information content (AvgIpc) is 3.45. The number of unbranched alkanes of at least 4 members (excludes halogenated alkanes) is 1. The predicted molar refractivity (Wildman–Crippen MR) is 114 cm³/mol. The van der Waals surface area contributed by atoms with Crippen molar-refractivity contribution in [1.82, 2.24) is 0 Å². The Morgan fingerprint density at radius 1 is 1.10 bits per heavy atom. The number of methoxy groups -OCH3 is 1. The lowest BCUT2D eigenvalue weighted by molar-refractivity contribution is -0.384. The van der Waals surface area contributed by atoms with Gasteiger partial charge in [0.05, 0.1) is 12.0 Å². The predicted octanol–water partition coefficient (Wildman–Crippen LogP) is 4.79. The normalized spacial score (nSPS) is 17.8. The third-order valence-electron chi connectivity index (χ3n) is 5.32. The van der Waals surface area contributed by atoms with Crippen LogP contribution in [-0.2, 0) is 19.7 Å². The molecule has 1 atom stereocenters. The second-order valence-corrected chi connectivity index (χ2v) is 7.11. The fourth-order valence-electron chi connectivity index (χ4n) is 3.80. The van der Waals surface area contributed by atoms with E-state index in [-0.39, 0.29) is 11.5 Å². The van der Waals surface area contributed by atoms with Gasteiger partial charge in [0.15, 0.2) is 5.78 Å². The van der Waals surface area contributed by atoms with Crippen LogP contribution in [0, 0.1) is 10.1 Å². The Kier molecular flexibility index (Phi) is 6.26. The molecular weight excluding hydrogens is 382 g/mol. The van der Waals surface area contributed by atoms with Crippen molar-refractivity contribution in [1.29, 1.82) is 0 Å². The van der Waals surface area contributed by atoms with Crippen LogP contribution in [0.4, 0.5) is 5.69 Å². The number of ketones is 1. The molecule has 0 aromatic heterocycles. The maximum Gasteiger partial charge on any atom is 0.325 e. The Morgan fingerprint density at radius 2 is 1.77 bits per heavy atom. The molecule has 2 aromatic rings. The minimum absolute atomic E-state index is 0.0774. The number of carbonyl (C=O) groups excluding carboxylic acids is 2. The second kappa shape index (κ2) is 8.86. The van der Waals surface area contributed by atoms with E-state index in [0.29, 0.717) is 17.6 Å². The van der Waals surface area contributed by atoms with Gasteiger partial charge in [-0.2, -0.15) is 0 Å². The molecule has 0 saturated heterocycles. The topological polar surface area (TPSA) is 86.5 Å². The van der Waals surface area contributed by atoms with Gasteiger partial charge in [-0.25, -0.2) is 0 Å². The van der Waals surface area contributed by atoms with E-state index in [4.69, 9.17) is 4.74 Å². The molecule has 0 saturated carbocycles. The highest BCUT2D eigenvalue weighted by Crippen LogP contribution is 2.58. The molecule has 6 nitrogen and oxygen atoms in total. The van der Waals surface area contributed by atoms with Crippen LogP contribution in [0.5, 0.6) is 0 Å². The first-order valence-corrected chi connectivity index (χ1v) is 9.81. The van der Waals surface area contributed by atoms with Crippen molar-refractivity contribution >= 4 is 23.5 Å². The summed E-state index contributed by atoms with van der Waals surface area (Å²) in [5.74, 6) is -0.798. The molecule has 1 unspecified atom stereocenters. The van der Waals surface area contributed by atoms with Crippen molar-refractivity contribution < 1.29 is 19.2 Å². The molecule has 0 bridgehead atoms. The highest BCUT2D eigenvalue weighted by molar-refractivity contribution is 6.21. The molecule has 6 heteroatoms. The minimum Gasteiger partial charge on any atom is -0.468 e. The molecule has 0 heterocycles. The molecule has 0 fully saturated rings. The Hall–Kier alpha value is -3.54. The van der Waals surface area contributed by atoms with Crippen LogP contribution >= 0.6 is 0 Å². The molecule has 1 aliphatic rings. The molecule has 0 radical (unpaired) electrons. The van der Waals surface area contributed by atoms with Crippen molar-refractivity contribution in [3.8, 4) is 0 Å². The number of allylic oxidation sites excluding steroid dienone is 1. The lowest BCUT2D eigenvalue weighted by Crippen LogP contribution is -2.29. The molecule has 0 aliphatic heterocycles. The monoisotopic (exact) mass is 405 g/mol. The minimum atomic E-state index is -1.27. The van der Waals surface area contributed by atoms with Crippen LogP contribution in [0.1, 0.15) is 37.3 Å². The highest BCUT2D eigenvalue weighted by Gasteiger charge is 2.62. The van der Waals surface area contributed by atoms with Gasteiger partial charge < -0.3 is 4.74 Å². The number of benzene rings is 2. The lowest BCUT2D eigenvalue weighted by atomic mass is 9.85. The molecule has 30 heavy (non-hydrogen) atoms. The fraction of sp³-hybridized carbons (Fsp3) is 0.250. The van der Waals surface area contributed by atoms with Gasteiger partial charge in [-0.1, -0.05) is 61.9 Å². The molecule has 0 N–H and O–H groups in total. The van der Waals surface area contributed by atoms with E-state index in [0.717, 1.165) is 24.0 Å². The number of rotatable bonds is 9. The van der Waals surface area contributed by atoms with E-state index in [1.165, 1.54) is 37.5 Å². The summed E-state index contributed by atoms with van der Waals surface area (Å²) in [5.41, 5.74) is 1.18. The van der Waals surface area contributed by atoms with Gasteiger partial charge in [0.2, 0.25) is 0 Å². The van der Waals surface area contributed by atoms with Crippen LogP contribution in [0.25, 0.3) is 6.08 Å². The second-order valence-electron chi connectivity index (χ2n) is 7.11. The van der Waals surface area contributed by atoms with E-state index in [1.54, 1.807) is 6.08 Å². The molecule has 154 valence electrons. The number of hydrogen-bond donors (Lipinski definition) is 0. The summed E-state index contributed by atoms with van der Waals surface area (Å²) in [6.45, 7) is 2.03. The summed E-state index contributed by atoms with van der Waals surface area (Å²) in [6, 6.07) is 15.2. The summed E-state index contributed by atoms with van der Waals surface area (Å²) in [6.07, 6.45) is 5.49. The van der Waals surface area contributed by atoms with Crippen molar-refractivity contribution in [2.45, 2.75) is 31.6 Å². The molecule has 2 aromatic carbocycles. The maximum absolute atomic E-state index is 13.1. The summed E-state index contributed by atoms with van der Waals surface area (Å²) in [5, 5.41) is 11.0. The van der Waals surface area contributed by atoms with Gasteiger partial charge in [-0.05, 0) is 35.6 Å². The third kappa shape index (κ3) is 3.81. The Balaban J connectivity index is 2.00. The molecule has 1 aliphatic carbocycles. The Bertz CT molecular complexity index is 1020. The number of esters is 1. The number of hydrogen-bond acceptors (Lipinski definition) is 5. The van der Waals surface area contributed by atoms with Gasteiger partial charge in [-0.3, -0.25) is 19.7 Å². The summed E-state index contributed by atoms with van der Waals surface area (Å²) < 4.78 is 5.07. The number of non-ortho nitro benzene ring substituents is 1. The zero-order valence-corrected chi connectivity index (χ0v) is 17.0. The number of carbonyl (C=O) groups is 2. The quantitative estimate of drug-likeness (QED) is 0.259. The first kappa shape index (κ1) is 21.2. The standard InChI is InChI=1S/C24H23NO5/c1-3-4-10-20-22(21(26)16-11-17-8-6-5-7-9-17)24(20,23(27)30-2)18-12-14-19(15-13-18)25(28)29/h5-9,11-16H,3-4,10H2,1-2H3/b16-11+. The Morgan fingerprint density at radius 3 is 2.33 bits per heavy atom. The van der Waals surface area contributed by atoms with E-state index in [2.05, 4.69) is 0 Å². The highest BCUT2D eigenvalue weighted by atomic mass is 16.6. The van der Waals surface area contributed by atoms with E-state index in [1.807, 2.05) is 37.3 Å². The van der Waals surface area contributed by atoms with Gasteiger partial charge >= 0.3 is 5.97 Å². The number of nitro groups is 1.